The molecule has 0 bridgehead atoms. The molecule has 0 radical (unpaired) electrons. The zero-order valence-corrected chi connectivity index (χ0v) is 10.7. The maximum atomic E-state index is 12.0. The Balaban J connectivity index is 2.16. The van der Waals surface area contributed by atoms with Crippen LogP contribution in [0.1, 0.15) is 5.56 Å². The first-order valence-electron chi connectivity index (χ1n) is 5.81. The summed E-state index contributed by atoms with van der Waals surface area (Å²) in [4.78, 5) is 14.6. The molecule has 0 fully saturated rings. The number of fused-ring (bicyclic) bond motifs is 1. The van der Waals surface area contributed by atoms with Gasteiger partial charge in [-0.05, 0) is 23.8 Å². The number of hydrogen-bond acceptors (Lipinski definition) is 2. The number of para-hydroxylation sites is 1. The number of nitrogens with one attached hydrogen (secondary N) is 1. The van der Waals surface area contributed by atoms with Gasteiger partial charge in [-0.25, -0.2) is 4.79 Å². The molecule has 2 aromatic carbocycles. The number of H-pyrrole nitrogens is 1. The molecule has 0 saturated heterocycles. The third-order valence-electron chi connectivity index (χ3n) is 3.07. The summed E-state index contributed by atoms with van der Waals surface area (Å²) in [5.74, 6) is 0.0625. The molecule has 0 amide bonds. The Bertz CT molecular complexity index is 805. The molecule has 19 heavy (non-hydrogen) atoms. The molecule has 0 unspecified atom stereocenters. The van der Waals surface area contributed by atoms with E-state index < -0.39 is 0 Å². The number of rotatable bonds is 2. The molecule has 1 aromatic heterocycles. The normalized spacial score (nSPS) is 11.0. The smallest absolute Gasteiger partial charge is 0.326 e. The molecule has 0 aliphatic heterocycles. The molecule has 2 N–H and O–H groups in total. The van der Waals surface area contributed by atoms with Gasteiger partial charge in [0.25, 0.3) is 0 Å². The summed E-state index contributed by atoms with van der Waals surface area (Å²) in [5.41, 5.74) is 1.69. The first-order chi connectivity index (χ1) is 9.16. The summed E-state index contributed by atoms with van der Waals surface area (Å²) >= 11 is 6.10. The van der Waals surface area contributed by atoms with E-state index in [0.717, 1.165) is 5.56 Å². The van der Waals surface area contributed by atoms with Gasteiger partial charge in [0.05, 0.1) is 12.1 Å². The third-order valence-corrected chi connectivity index (χ3v) is 3.44. The van der Waals surface area contributed by atoms with Crippen molar-refractivity contribution >= 4 is 22.6 Å². The first-order valence-corrected chi connectivity index (χ1v) is 6.18. The minimum atomic E-state index is -0.267. The Morgan fingerprint density at radius 2 is 1.95 bits per heavy atom. The second-order valence-electron chi connectivity index (χ2n) is 4.28. The van der Waals surface area contributed by atoms with Gasteiger partial charge >= 0.3 is 5.69 Å². The van der Waals surface area contributed by atoms with Gasteiger partial charge in [-0.1, -0.05) is 35.9 Å². The van der Waals surface area contributed by atoms with E-state index in [9.17, 15) is 9.90 Å². The van der Waals surface area contributed by atoms with E-state index >= 15 is 0 Å². The number of hydrogen-bond donors (Lipinski definition) is 2. The lowest BCUT2D eigenvalue weighted by molar-refractivity contribution is 0.480. The van der Waals surface area contributed by atoms with Crippen molar-refractivity contribution in [2.24, 2.45) is 0 Å². The van der Waals surface area contributed by atoms with Crippen LogP contribution in [-0.2, 0) is 6.54 Å². The first kappa shape index (κ1) is 11.9. The molecule has 4 nitrogen and oxygen atoms in total. The third kappa shape index (κ3) is 2.00. The van der Waals surface area contributed by atoms with Crippen molar-refractivity contribution in [1.82, 2.24) is 9.55 Å². The van der Waals surface area contributed by atoms with Gasteiger partial charge in [-0.15, -0.1) is 0 Å². The predicted octanol–water partition coefficient (Wildman–Crippen LogP) is 2.74. The second-order valence-corrected chi connectivity index (χ2v) is 4.69. The average Bonchev–Trinajstić information content (AvgIpc) is 2.71. The quantitative estimate of drug-likeness (QED) is 0.755. The van der Waals surface area contributed by atoms with E-state index in [1.54, 1.807) is 22.8 Å². The Hall–Kier alpha value is -2.20. The zero-order chi connectivity index (χ0) is 13.4. The van der Waals surface area contributed by atoms with Crippen LogP contribution in [0.15, 0.2) is 47.3 Å². The van der Waals surface area contributed by atoms with Gasteiger partial charge < -0.3 is 10.1 Å². The number of nitrogens with zero attached hydrogens (tertiary/aromatic N) is 1. The van der Waals surface area contributed by atoms with Crippen molar-refractivity contribution in [3.63, 3.8) is 0 Å². The lowest BCUT2D eigenvalue weighted by Crippen LogP contribution is -2.17. The number of aromatic hydroxyl groups is 1. The lowest BCUT2D eigenvalue weighted by Gasteiger charge is -2.05. The summed E-state index contributed by atoms with van der Waals surface area (Å²) < 4.78 is 1.55. The molecular weight excluding hydrogens is 264 g/mol. The van der Waals surface area contributed by atoms with Crippen molar-refractivity contribution in [3.05, 3.63) is 63.5 Å². The highest BCUT2D eigenvalue weighted by molar-refractivity contribution is 6.31. The second kappa shape index (κ2) is 4.48. The Morgan fingerprint density at radius 3 is 2.74 bits per heavy atom. The van der Waals surface area contributed by atoms with Crippen LogP contribution in [0, 0.1) is 0 Å². The van der Waals surface area contributed by atoms with Gasteiger partial charge in [-0.3, -0.25) is 4.57 Å². The summed E-state index contributed by atoms with van der Waals surface area (Å²) in [5, 5.41) is 10.3. The number of phenolic OH excluding ortho intramolecular Hbond substituents is 1. The van der Waals surface area contributed by atoms with Gasteiger partial charge in [0.1, 0.15) is 11.3 Å². The van der Waals surface area contributed by atoms with Crippen LogP contribution in [0.25, 0.3) is 11.0 Å². The van der Waals surface area contributed by atoms with E-state index in [2.05, 4.69) is 4.98 Å². The molecule has 96 valence electrons. The average molecular weight is 275 g/mol. The highest BCUT2D eigenvalue weighted by atomic mass is 35.5. The molecule has 0 aliphatic rings. The monoisotopic (exact) mass is 274 g/mol. The summed E-state index contributed by atoms with van der Waals surface area (Å²) in [6.07, 6.45) is 0. The van der Waals surface area contributed by atoms with Gasteiger partial charge in [-0.2, -0.15) is 0 Å². The Labute approximate surface area is 113 Å². The van der Waals surface area contributed by atoms with Crippen molar-refractivity contribution in [2.45, 2.75) is 6.54 Å². The van der Waals surface area contributed by atoms with Crippen LogP contribution in [0.4, 0.5) is 0 Å². The largest absolute Gasteiger partial charge is 0.506 e. The highest BCUT2D eigenvalue weighted by Gasteiger charge is 2.10. The topological polar surface area (TPSA) is 58.0 Å². The minimum Gasteiger partial charge on any atom is -0.506 e. The fourth-order valence-corrected chi connectivity index (χ4v) is 2.31. The van der Waals surface area contributed by atoms with E-state index in [0.29, 0.717) is 22.6 Å². The van der Waals surface area contributed by atoms with Gasteiger partial charge in [0.2, 0.25) is 0 Å². The standard InChI is InChI=1S/C14H11ClN2O2/c15-10-5-2-1-4-9(10)8-17-11-6-3-7-12(18)13(11)16-14(17)19/h1-7,18H,8H2,(H,16,19). The molecule has 3 aromatic rings. The molecule has 0 atom stereocenters. The number of aromatic nitrogens is 2. The SMILES string of the molecule is O=c1[nH]c2c(O)cccc2n1Cc1ccccc1Cl. The number of aromatic amines is 1. The molecule has 0 spiro atoms. The van der Waals surface area contributed by atoms with Crippen molar-refractivity contribution in [1.29, 1.82) is 0 Å². The number of phenols is 1. The summed E-state index contributed by atoms with van der Waals surface area (Å²) in [6.45, 7) is 0.363. The Kier molecular flexibility index (Phi) is 2.80. The van der Waals surface area contributed by atoms with Crippen LogP contribution in [0.2, 0.25) is 5.02 Å². The van der Waals surface area contributed by atoms with E-state index in [1.807, 2.05) is 18.2 Å². The molecule has 0 saturated carbocycles. The Morgan fingerprint density at radius 1 is 1.16 bits per heavy atom. The summed E-state index contributed by atoms with van der Waals surface area (Å²) in [6, 6.07) is 12.4. The van der Waals surface area contributed by atoms with Crippen LogP contribution < -0.4 is 5.69 Å². The molecule has 3 rings (SSSR count). The van der Waals surface area contributed by atoms with Crippen LogP contribution in [-0.4, -0.2) is 14.7 Å². The van der Waals surface area contributed by atoms with E-state index in [1.165, 1.54) is 6.07 Å². The fraction of sp³-hybridized carbons (Fsp3) is 0.0714. The molecule has 5 heteroatoms. The number of imidazole rings is 1. The van der Waals surface area contributed by atoms with Gasteiger partial charge in [0, 0.05) is 5.02 Å². The molecule has 0 aliphatic carbocycles. The molecule has 1 heterocycles. The number of halogens is 1. The minimum absolute atomic E-state index is 0.0625. The number of benzene rings is 2. The maximum Gasteiger partial charge on any atom is 0.326 e. The predicted molar refractivity (Wildman–Crippen MR) is 74.8 cm³/mol. The van der Waals surface area contributed by atoms with Gasteiger partial charge in [0.15, 0.2) is 0 Å². The highest BCUT2D eigenvalue weighted by Crippen LogP contribution is 2.22. The fourth-order valence-electron chi connectivity index (χ4n) is 2.12. The van der Waals surface area contributed by atoms with Crippen LogP contribution in [0.5, 0.6) is 5.75 Å². The lowest BCUT2D eigenvalue weighted by atomic mass is 10.2. The van der Waals surface area contributed by atoms with Crippen LogP contribution in [0.3, 0.4) is 0 Å². The van der Waals surface area contributed by atoms with E-state index in [-0.39, 0.29) is 11.4 Å². The molecular formula is C14H11ClN2O2. The van der Waals surface area contributed by atoms with Crippen molar-refractivity contribution < 1.29 is 5.11 Å². The van der Waals surface area contributed by atoms with Crippen molar-refractivity contribution in [3.8, 4) is 5.75 Å². The van der Waals surface area contributed by atoms with E-state index in [4.69, 9.17) is 11.6 Å². The van der Waals surface area contributed by atoms with Crippen LogP contribution >= 0.6 is 11.6 Å². The maximum absolute atomic E-state index is 12.0. The summed E-state index contributed by atoms with van der Waals surface area (Å²) in [7, 11) is 0. The zero-order valence-electron chi connectivity index (χ0n) is 9.93. The van der Waals surface area contributed by atoms with Crippen molar-refractivity contribution in [2.75, 3.05) is 0 Å².